The molecule has 0 bridgehead atoms. The van der Waals surface area contributed by atoms with E-state index in [-0.39, 0.29) is 0 Å². The summed E-state index contributed by atoms with van der Waals surface area (Å²) in [4.78, 5) is 4.21. The number of aromatic nitrogens is 3. The molecule has 1 aromatic carbocycles. The highest BCUT2D eigenvalue weighted by Crippen LogP contribution is 2.40. The number of thioether (sulfide) groups is 1. The molecule has 1 aliphatic carbocycles. The maximum absolute atomic E-state index is 5.35. The van der Waals surface area contributed by atoms with Crippen LogP contribution in [0.25, 0.3) is 0 Å². The number of methoxy groups -OCH3 is 1. The van der Waals surface area contributed by atoms with Gasteiger partial charge in [-0.3, -0.25) is 5.10 Å². The first-order valence-corrected chi connectivity index (χ1v) is 7.56. The highest BCUT2D eigenvalue weighted by atomic mass is 32.2. The molecule has 20 heavy (non-hydrogen) atoms. The lowest BCUT2D eigenvalue weighted by Gasteiger charge is -2.32. The van der Waals surface area contributed by atoms with Crippen molar-refractivity contribution in [2.75, 3.05) is 14.2 Å². The minimum atomic E-state index is 0.295. The number of benzene rings is 1. The molecule has 0 spiro atoms. The van der Waals surface area contributed by atoms with E-state index in [0.717, 1.165) is 23.7 Å². The van der Waals surface area contributed by atoms with Gasteiger partial charge in [-0.25, -0.2) is 4.98 Å². The van der Waals surface area contributed by atoms with E-state index in [1.54, 1.807) is 25.2 Å². The number of nitrogens with zero attached hydrogens (tertiary/aromatic N) is 2. The first-order valence-electron chi connectivity index (χ1n) is 6.68. The van der Waals surface area contributed by atoms with Gasteiger partial charge in [-0.15, -0.1) is 0 Å². The summed E-state index contributed by atoms with van der Waals surface area (Å²) < 4.78 is 5.35. The van der Waals surface area contributed by atoms with Gasteiger partial charge in [-0.05, 0) is 43.1 Å². The van der Waals surface area contributed by atoms with Crippen LogP contribution in [0.3, 0.4) is 0 Å². The lowest BCUT2D eigenvalue weighted by Crippen LogP contribution is -2.32. The largest absolute Gasteiger partial charge is 0.497 e. The van der Waals surface area contributed by atoms with E-state index < -0.39 is 0 Å². The zero-order chi connectivity index (χ0) is 13.9. The molecule has 1 aliphatic rings. The van der Waals surface area contributed by atoms with Crippen LogP contribution < -0.4 is 10.1 Å². The monoisotopic (exact) mass is 290 g/mol. The topological polar surface area (TPSA) is 62.8 Å². The molecule has 0 fully saturated rings. The van der Waals surface area contributed by atoms with E-state index in [9.17, 15) is 0 Å². The number of aromatic amines is 1. The Balaban J connectivity index is 1.88. The molecule has 0 saturated carbocycles. The van der Waals surface area contributed by atoms with Crippen LogP contribution in [0, 0.1) is 0 Å². The van der Waals surface area contributed by atoms with Crippen molar-refractivity contribution < 1.29 is 4.74 Å². The second kappa shape index (κ2) is 5.85. The molecular weight excluding hydrogens is 272 g/mol. The molecule has 106 valence electrons. The third-order valence-electron chi connectivity index (χ3n) is 3.73. The van der Waals surface area contributed by atoms with Crippen LogP contribution in [0.4, 0.5) is 0 Å². The average molecular weight is 290 g/mol. The third-order valence-corrected chi connectivity index (χ3v) is 4.96. The van der Waals surface area contributed by atoms with Gasteiger partial charge in [-0.1, -0.05) is 17.8 Å². The number of aryl methyl sites for hydroxylation is 1. The van der Waals surface area contributed by atoms with Crippen LogP contribution >= 0.6 is 11.8 Å². The number of hydrogen-bond acceptors (Lipinski definition) is 5. The predicted molar refractivity (Wildman–Crippen MR) is 79.1 cm³/mol. The molecule has 0 amide bonds. The van der Waals surface area contributed by atoms with E-state index in [0.29, 0.717) is 11.3 Å². The van der Waals surface area contributed by atoms with Gasteiger partial charge in [0.05, 0.1) is 7.11 Å². The molecule has 3 rings (SSSR count). The Labute approximate surface area is 122 Å². The van der Waals surface area contributed by atoms with Crippen molar-refractivity contribution in [2.45, 2.75) is 29.3 Å². The molecule has 1 aromatic heterocycles. The Hall–Kier alpha value is -1.53. The Bertz CT molecular complexity index is 573. The SMILES string of the molecule is CNC1c2cc(OC)ccc2CCC1Sc1ncn[nH]1. The molecule has 6 heteroatoms. The number of fused-ring (bicyclic) bond motifs is 1. The molecule has 0 radical (unpaired) electrons. The van der Waals surface area contributed by atoms with Crippen LogP contribution in [0.5, 0.6) is 5.75 Å². The first kappa shape index (κ1) is 13.5. The normalized spacial score (nSPS) is 21.5. The molecule has 2 aromatic rings. The predicted octanol–water partition coefficient (Wildman–Crippen LogP) is 2.18. The number of ether oxygens (including phenoxy) is 1. The molecule has 2 unspecified atom stereocenters. The summed E-state index contributed by atoms with van der Waals surface area (Å²) in [6.07, 6.45) is 3.76. The van der Waals surface area contributed by atoms with E-state index in [1.165, 1.54) is 11.1 Å². The zero-order valence-electron chi connectivity index (χ0n) is 11.6. The molecule has 0 saturated heterocycles. The van der Waals surface area contributed by atoms with Gasteiger partial charge in [0, 0.05) is 11.3 Å². The minimum Gasteiger partial charge on any atom is -0.497 e. The Morgan fingerprint density at radius 2 is 2.35 bits per heavy atom. The second-order valence-electron chi connectivity index (χ2n) is 4.82. The highest BCUT2D eigenvalue weighted by molar-refractivity contribution is 7.99. The second-order valence-corrected chi connectivity index (χ2v) is 6.04. The first-order chi connectivity index (χ1) is 9.81. The fourth-order valence-corrected chi connectivity index (χ4v) is 3.90. The summed E-state index contributed by atoms with van der Waals surface area (Å²) in [5.74, 6) is 0.911. The average Bonchev–Trinajstić information content (AvgIpc) is 2.99. The fraction of sp³-hybridized carbons (Fsp3) is 0.429. The Morgan fingerprint density at radius 1 is 1.45 bits per heavy atom. The standard InChI is InChI=1S/C14H18N4OS/c1-15-13-11-7-10(19-2)5-3-9(11)4-6-12(13)20-14-16-8-17-18-14/h3,5,7-8,12-13,15H,4,6H2,1-2H3,(H,16,17,18). The maximum Gasteiger partial charge on any atom is 0.183 e. The van der Waals surface area contributed by atoms with Gasteiger partial charge in [0.2, 0.25) is 0 Å². The summed E-state index contributed by atoms with van der Waals surface area (Å²) >= 11 is 1.75. The molecule has 0 aliphatic heterocycles. The van der Waals surface area contributed by atoms with Crippen LogP contribution in [0.15, 0.2) is 29.7 Å². The van der Waals surface area contributed by atoms with Crippen molar-refractivity contribution >= 4 is 11.8 Å². The van der Waals surface area contributed by atoms with Gasteiger partial charge < -0.3 is 10.1 Å². The third kappa shape index (κ3) is 2.53. The maximum atomic E-state index is 5.35. The van der Waals surface area contributed by atoms with Crippen LogP contribution in [-0.2, 0) is 6.42 Å². The van der Waals surface area contributed by atoms with Gasteiger partial charge in [-0.2, -0.15) is 5.10 Å². The van der Waals surface area contributed by atoms with E-state index in [4.69, 9.17) is 4.74 Å². The van der Waals surface area contributed by atoms with E-state index in [1.807, 2.05) is 13.1 Å². The van der Waals surface area contributed by atoms with Gasteiger partial charge in [0.25, 0.3) is 0 Å². The van der Waals surface area contributed by atoms with Crippen molar-refractivity contribution in [2.24, 2.45) is 0 Å². The van der Waals surface area contributed by atoms with Gasteiger partial charge >= 0.3 is 0 Å². The summed E-state index contributed by atoms with van der Waals surface area (Å²) in [6, 6.07) is 6.65. The quantitative estimate of drug-likeness (QED) is 0.903. The number of H-pyrrole nitrogens is 1. The van der Waals surface area contributed by atoms with Gasteiger partial charge in [0.1, 0.15) is 12.1 Å². The summed E-state index contributed by atoms with van der Waals surface area (Å²) in [5.41, 5.74) is 2.73. The summed E-state index contributed by atoms with van der Waals surface area (Å²) in [5, 5.41) is 11.6. The molecule has 1 heterocycles. The lowest BCUT2D eigenvalue weighted by molar-refractivity contribution is 0.411. The lowest BCUT2D eigenvalue weighted by atomic mass is 9.87. The number of hydrogen-bond donors (Lipinski definition) is 2. The molecule has 2 atom stereocenters. The van der Waals surface area contributed by atoms with Crippen LogP contribution in [-0.4, -0.2) is 34.6 Å². The van der Waals surface area contributed by atoms with Crippen molar-refractivity contribution in [3.63, 3.8) is 0 Å². The molecular formula is C14H18N4OS. The van der Waals surface area contributed by atoms with Crippen molar-refractivity contribution in [1.82, 2.24) is 20.5 Å². The summed E-state index contributed by atoms with van der Waals surface area (Å²) in [6.45, 7) is 0. The smallest absolute Gasteiger partial charge is 0.183 e. The Kier molecular flexibility index (Phi) is 3.93. The van der Waals surface area contributed by atoms with Gasteiger partial charge in [0.15, 0.2) is 5.16 Å². The Morgan fingerprint density at radius 3 is 3.05 bits per heavy atom. The van der Waals surface area contributed by atoms with E-state index in [2.05, 4.69) is 32.6 Å². The van der Waals surface area contributed by atoms with Crippen molar-refractivity contribution in [1.29, 1.82) is 0 Å². The van der Waals surface area contributed by atoms with Crippen molar-refractivity contribution in [3.8, 4) is 5.75 Å². The number of rotatable bonds is 4. The number of nitrogens with one attached hydrogen (secondary N) is 2. The summed E-state index contributed by atoms with van der Waals surface area (Å²) in [7, 11) is 3.72. The van der Waals surface area contributed by atoms with Crippen LogP contribution in [0.1, 0.15) is 23.6 Å². The highest BCUT2D eigenvalue weighted by Gasteiger charge is 2.30. The zero-order valence-corrected chi connectivity index (χ0v) is 12.4. The van der Waals surface area contributed by atoms with E-state index >= 15 is 0 Å². The molecule has 2 N–H and O–H groups in total. The van der Waals surface area contributed by atoms with Crippen LogP contribution in [0.2, 0.25) is 0 Å². The molecule has 5 nitrogen and oxygen atoms in total. The van der Waals surface area contributed by atoms with Crippen molar-refractivity contribution in [3.05, 3.63) is 35.7 Å². The minimum absolute atomic E-state index is 0.295. The fourth-order valence-electron chi connectivity index (χ4n) is 2.74.